The van der Waals surface area contributed by atoms with Gasteiger partial charge in [-0.1, -0.05) is 70.1 Å². The molecule has 0 aliphatic heterocycles. The fraction of sp³-hybridized carbons (Fsp3) is 0.423. The van der Waals surface area contributed by atoms with Gasteiger partial charge in [-0.05, 0) is 54.5 Å². The number of methoxy groups -OCH3 is 1. The Morgan fingerprint density at radius 3 is 2.00 bits per heavy atom. The molecular weight excluding hydrogens is 360 g/mol. The summed E-state index contributed by atoms with van der Waals surface area (Å²) in [7, 11) is 1.61. The van der Waals surface area contributed by atoms with Gasteiger partial charge in [-0.3, -0.25) is 4.79 Å². The second kappa shape index (κ2) is 13.6. The first kappa shape index (κ1) is 22.7. The lowest BCUT2D eigenvalue weighted by atomic mass is 10.1. The van der Waals surface area contributed by atoms with Crippen LogP contribution < -0.4 is 9.47 Å². The summed E-state index contributed by atoms with van der Waals surface area (Å²) in [5.74, 6) is 1.60. The molecule has 0 fully saturated rings. The smallest absolute Gasteiger partial charge is 0.185 e. The van der Waals surface area contributed by atoms with Gasteiger partial charge in [0.2, 0.25) is 0 Å². The lowest BCUT2D eigenvalue weighted by Gasteiger charge is -2.06. The van der Waals surface area contributed by atoms with E-state index in [1.54, 1.807) is 37.5 Å². The summed E-state index contributed by atoms with van der Waals surface area (Å²) in [6.07, 6.45) is 13.8. The van der Waals surface area contributed by atoms with Gasteiger partial charge >= 0.3 is 0 Å². The maximum atomic E-state index is 12.2. The Morgan fingerprint density at radius 1 is 0.793 bits per heavy atom. The maximum Gasteiger partial charge on any atom is 0.185 e. The number of unbranched alkanes of at least 4 members (excludes halogenated alkanes) is 7. The zero-order valence-corrected chi connectivity index (χ0v) is 17.9. The van der Waals surface area contributed by atoms with Crippen LogP contribution in [0.25, 0.3) is 6.08 Å². The van der Waals surface area contributed by atoms with Crippen molar-refractivity contribution in [2.75, 3.05) is 13.7 Å². The third-order valence-corrected chi connectivity index (χ3v) is 4.95. The minimum atomic E-state index is -0.0253. The average Bonchev–Trinajstić information content (AvgIpc) is 2.77. The van der Waals surface area contributed by atoms with Crippen LogP contribution in [0.5, 0.6) is 11.5 Å². The van der Waals surface area contributed by atoms with Crippen molar-refractivity contribution in [3.05, 3.63) is 65.7 Å². The van der Waals surface area contributed by atoms with E-state index in [1.807, 2.05) is 30.3 Å². The third-order valence-electron chi connectivity index (χ3n) is 4.95. The van der Waals surface area contributed by atoms with Gasteiger partial charge in [-0.2, -0.15) is 0 Å². The minimum absolute atomic E-state index is 0.0253. The third kappa shape index (κ3) is 8.99. The van der Waals surface area contributed by atoms with Crippen molar-refractivity contribution in [3.8, 4) is 11.5 Å². The van der Waals surface area contributed by atoms with Crippen LogP contribution in [-0.2, 0) is 0 Å². The van der Waals surface area contributed by atoms with Gasteiger partial charge in [0.1, 0.15) is 11.5 Å². The molecule has 0 radical (unpaired) electrons. The fourth-order valence-electron chi connectivity index (χ4n) is 3.12. The fourth-order valence-corrected chi connectivity index (χ4v) is 3.12. The summed E-state index contributed by atoms with van der Waals surface area (Å²) in [6.45, 7) is 3.02. The lowest BCUT2D eigenvalue weighted by molar-refractivity contribution is 0.104. The van der Waals surface area contributed by atoms with Crippen LogP contribution in [0.1, 0.15) is 74.2 Å². The lowest BCUT2D eigenvalue weighted by Crippen LogP contribution is -1.97. The van der Waals surface area contributed by atoms with E-state index in [9.17, 15) is 4.79 Å². The van der Waals surface area contributed by atoms with Crippen LogP contribution in [0.3, 0.4) is 0 Å². The van der Waals surface area contributed by atoms with Crippen molar-refractivity contribution >= 4 is 11.9 Å². The second-order valence-electron chi connectivity index (χ2n) is 7.32. The molecule has 0 aliphatic rings. The summed E-state index contributed by atoms with van der Waals surface area (Å²) in [5.41, 5.74) is 1.62. The van der Waals surface area contributed by atoms with Gasteiger partial charge in [-0.15, -0.1) is 0 Å². The largest absolute Gasteiger partial charge is 0.497 e. The molecule has 0 saturated heterocycles. The Kier molecular flexibility index (Phi) is 10.7. The van der Waals surface area contributed by atoms with Gasteiger partial charge in [0.05, 0.1) is 13.7 Å². The summed E-state index contributed by atoms with van der Waals surface area (Å²) in [4.78, 5) is 12.2. The van der Waals surface area contributed by atoms with Crippen LogP contribution in [0.2, 0.25) is 0 Å². The number of hydrogen-bond donors (Lipinski definition) is 0. The number of allylic oxidation sites excluding steroid dienone is 1. The van der Waals surface area contributed by atoms with E-state index in [1.165, 1.54) is 44.9 Å². The maximum absolute atomic E-state index is 12.2. The topological polar surface area (TPSA) is 35.5 Å². The molecule has 156 valence electrons. The molecule has 0 aliphatic carbocycles. The number of ether oxygens (including phenoxy) is 2. The van der Waals surface area contributed by atoms with Crippen LogP contribution in [0.4, 0.5) is 0 Å². The summed E-state index contributed by atoms with van der Waals surface area (Å²) in [6, 6.07) is 15.0. The molecule has 0 spiro atoms. The summed E-state index contributed by atoms with van der Waals surface area (Å²) in [5, 5.41) is 0. The van der Waals surface area contributed by atoms with Crippen molar-refractivity contribution in [2.24, 2.45) is 0 Å². The number of rotatable bonds is 14. The van der Waals surface area contributed by atoms with E-state index in [0.717, 1.165) is 30.1 Å². The highest BCUT2D eigenvalue weighted by Gasteiger charge is 2.02. The first-order valence-electron chi connectivity index (χ1n) is 10.8. The molecule has 0 saturated carbocycles. The van der Waals surface area contributed by atoms with Gasteiger partial charge in [0.15, 0.2) is 5.78 Å². The average molecular weight is 395 g/mol. The van der Waals surface area contributed by atoms with Gasteiger partial charge in [0.25, 0.3) is 0 Å². The second-order valence-corrected chi connectivity index (χ2v) is 7.32. The van der Waals surface area contributed by atoms with Crippen LogP contribution in [0.15, 0.2) is 54.6 Å². The molecule has 0 amide bonds. The summed E-state index contributed by atoms with van der Waals surface area (Å²) < 4.78 is 10.9. The number of carbonyl (C=O) groups is 1. The SMILES string of the molecule is CCCCCCCCCCOc1ccc(/C=C/C(=O)c2ccc(OC)cc2)cc1. The Hall–Kier alpha value is -2.55. The van der Waals surface area contributed by atoms with Crippen LogP contribution in [-0.4, -0.2) is 19.5 Å². The molecule has 3 nitrogen and oxygen atoms in total. The van der Waals surface area contributed by atoms with Crippen LogP contribution >= 0.6 is 0 Å². The minimum Gasteiger partial charge on any atom is -0.497 e. The molecule has 2 aromatic rings. The van der Waals surface area contributed by atoms with Crippen molar-refractivity contribution in [3.63, 3.8) is 0 Å². The highest BCUT2D eigenvalue weighted by Crippen LogP contribution is 2.16. The Morgan fingerprint density at radius 2 is 1.38 bits per heavy atom. The molecule has 0 unspecified atom stereocenters. The molecule has 0 aromatic heterocycles. The summed E-state index contributed by atoms with van der Waals surface area (Å²) >= 11 is 0. The zero-order valence-electron chi connectivity index (χ0n) is 17.9. The quantitative estimate of drug-likeness (QED) is 0.194. The van der Waals surface area contributed by atoms with Crippen molar-refractivity contribution in [1.82, 2.24) is 0 Å². The normalized spacial score (nSPS) is 11.0. The zero-order chi connectivity index (χ0) is 20.7. The van der Waals surface area contributed by atoms with E-state index in [2.05, 4.69) is 6.92 Å². The molecule has 0 N–H and O–H groups in total. The molecule has 29 heavy (non-hydrogen) atoms. The molecule has 2 rings (SSSR count). The highest BCUT2D eigenvalue weighted by molar-refractivity contribution is 6.06. The van der Waals surface area contributed by atoms with E-state index in [-0.39, 0.29) is 5.78 Å². The highest BCUT2D eigenvalue weighted by atomic mass is 16.5. The molecule has 0 bridgehead atoms. The van der Waals surface area contributed by atoms with Crippen molar-refractivity contribution < 1.29 is 14.3 Å². The standard InChI is InChI=1S/C26H34O3/c1-3-4-5-6-7-8-9-10-21-29-25-16-11-22(12-17-25)13-20-26(27)23-14-18-24(28-2)19-15-23/h11-20H,3-10,21H2,1-2H3/b20-13+. The number of benzene rings is 2. The van der Waals surface area contributed by atoms with Crippen molar-refractivity contribution in [1.29, 1.82) is 0 Å². The van der Waals surface area contributed by atoms with E-state index >= 15 is 0 Å². The predicted molar refractivity (Wildman–Crippen MR) is 121 cm³/mol. The number of hydrogen-bond acceptors (Lipinski definition) is 3. The van der Waals surface area contributed by atoms with Gasteiger partial charge < -0.3 is 9.47 Å². The van der Waals surface area contributed by atoms with E-state index in [4.69, 9.17) is 9.47 Å². The molecular formula is C26H34O3. The van der Waals surface area contributed by atoms with Crippen LogP contribution in [0, 0.1) is 0 Å². The van der Waals surface area contributed by atoms with Gasteiger partial charge in [0, 0.05) is 5.56 Å². The monoisotopic (exact) mass is 394 g/mol. The molecule has 3 heteroatoms. The number of carbonyl (C=O) groups excluding carboxylic acids is 1. The number of ketones is 1. The predicted octanol–water partition coefficient (Wildman–Crippen LogP) is 7.11. The van der Waals surface area contributed by atoms with Gasteiger partial charge in [-0.25, -0.2) is 0 Å². The first-order valence-corrected chi connectivity index (χ1v) is 10.8. The first-order chi connectivity index (χ1) is 14.2. The molecule has 0 heterocycles. The molecule has 2 aromatic carbocycles. The Bertz CT molecular complexity index is 730. The molecule has 0 atom stereocenters. The Labute approximate surface area is 175 Å². The van der Waals surface area contributed by atoms with E-state index in [0.29, 0.717) is 5.56 Å². The van der Waals surface area contributed by atoms with Crippen molar-refractivity contribution in [2.45, 2.75) is 58.3 Å². The van der Waals surface area contributed by atoms with E-state index < -0.39 is 0 Å². The Balaban J connectivity index is 1.67.